The third kappa shape index (κ3) is 6.48. The minimum Gasteiger partial charge on any atom is -0.493 e. The number of likely N-dealkylation sites (tertiary alicyclic amines) is 2. The fourth-order valence-corrected chi connectivity index (χ4v) is 7.10. The third-order valence-corrected chi connectivity index (χ3v) is 10.0. The number of methoxy groups -OCH3 is 3. The van der Waals surface area contributed by atoms with Gasteiger partial charge in [0.2, 0.25) is 11.7 Å². The Labute approximate surface area is 269 Å². The number of primary amides is 1. The maximum Gasteiger partial charge on any atom is 0.254 e. The van der Waals surface area contributed by atoms with E-state index in [1.807, 2.05) is 41.3 Å². The Hall–Kier alpha value is -3.46. The number of nitrogens with two attached hydrogens (primary N) is 1. The van der Waals surface area contributed by atoms with Crippen LogP contribution in [0.25, 0.3) is 0 Å². The van der Waals surface area contributed by atoms with E-state index in [1.165, 1.54) is 26.9 Å². The Kier molecular flexibility index (Phi) is 9.93. The van der Waals surface area contributed by atoms with E-state index in [-0.39, 0.29) is 23.8 Å². The number of piperidine rings is 1. The number of ether oxygens (including phenoxy) is 3. The van der Waals surface area contributed by atoms with E-state index in [0.717, 1.165) is 24.9 Å². The minimum absolute atomic E-state index is 0.134. The Bertz CT molecular complexity index is 1480. The molecule has 0 aliphatic carbocycles. The number of rotatable bonds is 10. The predicted octanol–water partition coefficient (Wildman–Crippen LogP) is 5.93. The van der Waals surface area contributed by atoms with E-state index in [9.17, 15) is 9.59 Å². The number of hydrogen-bond acceptors (Lipinski definition) is 6. The molecule has 0 radical (unpaired) electrons. The van der Waals surface area contributed by atoms with Gasteiger partial charge in [0.15, 0.2) is 11.5 Å². The lowest BCUT2D eigenvalue weighted by Crippen LogP contribution is -2.50. The molecule has 0 saturated carbocycles. The van der Waals surface area contributed by atoms with Gasteiger partial charge in [-0.15, -0.1) is 0 Å². The first-order chi connectivity index (χ1) is 21.2. The van der Waals surface area contributed by atoms with Gasteiger partial charge in [0.05, 0.1) is 37.4 Å². The molecule has 10 heteroatoms. The van der Waals surface area contributed by atoms with Crippen molar-refractivity contribution >= 4 is 35.0 Å². The highest BCUT2D eigenvalue weighted by molar-refractivity contribution is 6.42. The minimum atomic E-state index is -0.400. The highest BCUT2D eigenvalue weighted by atomic mass is 35.5. The summed E-state index contributed by atoms with van der Waals surface area (Å²) in [7, 11) is 4.58. The zero-order valence-corrected chi connectivity index (χ0v) is 26.9. The molecule has 0 bridgehead atoms. The van der Waals surface area contributed by atoms with E-state index in [1.54, 1.807) is 12.1 Å². The van der Waals surface area contributed by atoms with Crippen LogP contribution in [0.3, 0.4) is 0 Å². The zero-order valence-electron chi connectivity index (χ0n) is 25.4. The molecule has 5 rings (SSSR count). The SMILES string of the molecule is COc1cc(C(=O)N2CC[C@](CCN3CCC(c4ccccc4)CC3C(N)=O)(c3ccc(Cl)c(Cl)c3)C2)cc(OC)c1OC. The van der Waals surface area contributed by atoms with Gasteiger partial charge in [0.25, 0.3) is 5.91 Å². The molecule has 3 aromatic carbocycles. The second-order valence-electron chi connectivity index (χ2n) is 11.6. The Morgan fingerprint density at radius 3 is 2.25 bits per heavy atom. The van der Waals surface area contributed by atoms with Crippen molar-refractivity contribution in [3.63, 3.8) is 0 Å². The molecule has 8 nitrogen and oxygen atoms in total. The molecule has 2 amide bonds. The average Bonchev–Trinajstić information content (AvgIpc) is 3.49. The van der Waals surface area contributed by atoms with Gasteiger partial charge in [0, 0.05) is 24.1 Å². The number of hydrogen-bond donors (Lipinski definition) is 1. The lowest BCUT2D eigenvalue weighted by molar-refractivity contribution is -0.124. The molecule has 234 valence electrons. The van der Waals surface area contributed by atoms with Crippen molar-refractivity contribution in [2.45, 2.75) is 43.1 Å². The van der Waals surface area contributed by atoms with E-state index in [4.69, 9.17) is 43.1 Å². The molecule has 2 heterocycles. The highest BCUT2D eigenvalue weighted by Crippen LogP contribution is 2.43. The second-order valence-corrected chi connectivity index (χ2v) is 12.5. The average molecular weight is 641 g/mol. The topological polar surface area (TPSA) is 94.3 Å². The third-order valence-electron chi connectivity index (χ3n) is 9.27. The maximum absolute atomic E-state index is 13.9. The number of halogens is 2. The van der Waals surface area contributed by atoms with Gasteiger partial charge in [-0.25, -0.2) is 0 Å². The van der Waals surface area contributed by atoms with Crippen LogP contribution in [-0.2, 0) is 10.2 Å². The van der Waals surface area contributed by atoms with Crippen LogP contribution in [0.15, 0.2) is 60.7 Å². The zero-order chi connectivity index (χ0) is 31.4. The quantitative estimate of drug-likeness (QED) is 0.296. The summed E-state index contributed by atoms with van der Waals surface area (Å²) in [6, 6.07) is 19.0. The molecule has 3 aromatic rings. The lowest BCUT2D eigenvalue weighted by atomic mass is 9.76. The Morgan fingerprint density at radius 2 is 1.64 bits per heavy atom. The van der Waals surface area contributed by atoms with Crippen LogP contribution in [0.1, 0.15) is 53.1 Å². The second kappa shape index (κ2) is 13.7. The van der Waals surface area contributed by atoms with Crippen molar-refractivity contribution in [1.82, 2.24) is 9.80 Å². The monoisotopic (exact) mass is 639 g/mol. The van der Waals surface area contributed by atoms with Crippen molar-refractivity contribution in [1.29, 1.82) is 0 Å². The van der Waals surface area contributed by atoms with E-state index in [0.29, 0.717) is 65.3 Å². The van der Waals surface area contributed by atoms with Crippen LogP contribution in [-0.4, -0.2) is 75.2 Å². The number of carbonyl (C=O) groups is 2. The summed E-state index contributed by atoms with van der Waals surface area (Å²) in [5, 5.41) is 0.947. The summed E-state index contributed by atoms with van der Waals surface area (Å²) < 4.78 is 16.4. The number of carbonyl (C=O) groups excluding carboxylic acids is 2. The molecular formula is C34H39Cl2N3O5. The van der Waals surface area contributed by atoms with Crippen LogP contribution in [0.2, 0.25) is 10.0 Å². The smallest absolute Gasteiger partial charge is 0.254 e. The van der Waals surface area contributed by atoms with Crippen molar-refractivity contribution in [3.05, 3.63) is 87.4 Å². The summed E-state index contributed by atoms with van der Waals surface area (Å²) in [6.07, 6.45) is 3.07. The molecule has 0 aromatic heterocycles. The van der Waals surface area contributed by atoms with Crippen molar-refractivity contribution in [2.24, 2.45) is 5.73 Å². The number of benzene rings is 3. The first-order valence-electron chi connectivity index (χ1n) is 14.8. The molecule has 2 aliphatic heterocycles. The first kappa shape index (κ1) is 31.9. The van der Waals surface area contributed by atoms with Gasteiger partial charge < -0.3 is 24.8 Å². The van der Waals surface area contributed by atoms with Gasteiger partial charge in [-0.1, -0.05) is 59.6 Å². The van der Waals surface area contributed by atoms with Crippen molar-refractivity contribution in [3.8, 4) is 17.2 Å². The molecule has 2 unspecified atom stereocenters. The standard InChI is InChI=1S/C34H39Cl2N3O5/c1-42-29-18-24(19-30(43-2)31(29)44-3)33(41)39-16-13-34(21-39,25-9-10-26(35)27(36)20-25)12-15-38-14-11-23(17-28(38)32(37)40)22-7-5-4-6-8-22/h4-10,18-20,23,28H,11-17,21H2,1-3H3,(H2,37,40)/t23?,28?,34-/m0/s1. The molecule has 44 heavy (non-hydrogen) atoms. The Morgan fingerprint density at radius 1 is 0.932 bits per heavy atom. The molecule has 0 spiro atoms. The molecule has 2 saturated heterocycles. The summed E-state index contributed by atoms with van der Waals surface area (Å²) in [4.78, 5) is 30.7. The van der Waals surface area contributed by atoms with E-state index in [2.05, 4.69) is 17.0 Å². The summed E-state index contributed by atoms with van der Waals surface area (Å²) in [6.45, 7) is 2.44. The fourth-order valence-electron chi connectivity index (χ4n) is 6.81. The molecule has 2 N–H and O–H groups in total. The van der Waals surface area contributed by atoms with Crippen LogP contribution in [0.4, 0.5) is 0 Å². The number of amides is 2. The van der Waals surface area contributed by atoms with Gasteiger partial charge in [-0.3, -0.25) is 14.5 Å². The van der Waals surface area contributed by atoms with Crippen LogP contribution < -0.4 is 19.9 Å². The summed E-state index contributed by atoms with van der Waals surface area (Å²) in [5.41, 5.74) is 8.26. The van der Waals surface area contributed by atoms with Gasteiger partial charge in [-0.2, -0.15) is 0 Å². The first-order valence-corrected chi connectivity index (χ1v) is 15.6. The largest absolute Gasteiger partial charge is 0.493 e. The fraction of sp³-hybridized carbons (Fsp3) is 0.412. The van der Waals surface area contributed by atoms with E-state index >= 15 is 0 Å². The van der Waals surface area contributed by atoms with Crippen LogP contribution in [0, 0.1) is 0 Å². The predicted molar refractivity (Wildman–Crippen MR) is 172 cm³/mol. The molecule has 3 atom stereocenters. The summed E-state index contributed by atoms with van der Waals surface area (Å²) in [5.74, 6) is 1.11. The van der Waals surface area contributed by atoms with Gasteiger partial charge in [-0.05, 0) is 80.1 Å². The lowest BCUT2D eigenvalue weighted by Gasteiger charge is -2.40. The van der Waals surface area contributed by atoms with Gasteiger partial charge >= 0.3 is 0 Å². The highest BCUT2D eigenvalue weighted by Gasteiger charge is 2.43. The number of nitrogens with zero attached hydrogens (tertiary/aromatic N) is 2. The van der Waals surface area contributed by atoms with Crippen molar-refractivity contribution < 1.29 is 23.8 Å². The van der Waals surface area contributed by atoms with Crippen LogP contribution in [0.5, 0.6) is 17.2 Å². The summed E-state index contributed by atoms with van der Waals surface area (Å²) >= 11 is 12.8. The normalized spacial score (nSPS) is 22.1. The van der Waals surface area contributed by atoms with Gasteiger partial charge in [0.1, 0.15) is 0 Å². The molecule has 2 fully saturated rings. The molecule has 2 aliphatic rings. The van der Waals surface area contributed by atoms with Crippen molar-refractivity contribution in [2.75, 3.05) is 47.5 Å². The Balaban J connectivity index is 1.39. The van der Waals surface area contributed by atoms with Crippen LogP contribution >= 0.6 is 23.2 Å². The van der Waals surface area contributed by atoms with E-state index < -0.39 is 5.41 Å². The molecular weight excluding hydrogens is 601 g/mol. The maximum atomic E-state index is 13.9.